The summed E-state index contributed by atoms with van der Waals surface area (Å²) >= 11 is 6.18. The van der Waals surface area contributed by atoms with Gasteiger partial charge in [-0.2, -0.15) is 0 Å². The number of rotatable bonds is 10. The van der Waals surface area contributed by atoms with E-state index in [1.54, 1.807) is 72.0 Å². The van der Waals surface area contributed by atoms with Crippen LogP contribution in [0.5, 0.6) is 5.88 Å². The van der Waals surface area contributed by atoms with E-state index in [4.69, 9.17) is 21.1 Å². The van der Waals surface area contributed by atoms with Gasteiger partial charge in [0.25, 0.3) is 5.91 Å². The maximum Gasteiger partial charge on any atom is 0.408 e. The van der Waals surface area contributed by atoms with Crippen molar-refractivity contribution in [2.75, 3.05) is 6.54 Å². The number of benzene rings is 1. The van der Waals surface area contributed by atoms with E-state index in [1.807, 2.05) is 0 Å². The Kier molecular flexibility index (Phi) is 9.71. The summed E-state index contributed by atoms with van der Waals surface area (Å²) in [7, 11) is -3.89. The average Bonchev–Trinajstić information content (AvgIpc) is 3.91. The topological polar surface area (TPSA) is 173 Å². The molecule has 1 aliphatic heterocycles. The van der Waals surface area contributed by atoms with E-state index in [0.717, 1.165) is 5.39 Å². The molecule has 0 bridgehead atoms. The Labute approximate surface area is 291 Å². The highest BCUT2D eigenvalue weighted by Crippen LogP contribution is 2.45. The minimum absolute atomic E-state index is 0.0172. The number of nitrogens with one attached hydrogen (secondary N) is 3. The van der Waals surface area contributed by atoms with E-state index < -0.39 is 79.7 Å². The molecule has 2 aliphatic carbocycles. The van der Waals surface area contributed by atoms with Crippen LogP contribution in [0.15, 0.2) is 43.1 Å². The van der Waals surface area contributed by atoms with Crippen LogP contribution in [-0.4, -0.2) is 83.2 Å². The first-order valence-corrected chi connectivity index (χ1v) is 18.2. The quantitative estimate of drug-likeness (QED) is 0.309. The zero-order valence-electron chi connectivity index (χ0n) is 28.5. The number of sulfonamides is 1. The maximum atomic E-state index is 14.4. The zero-order chi connectivity index (χ0) is 36.1. The molecule has 0 radical (unpaired) electrons. The van der Waals surface area contributed by atoms with E-state index in [-0.39, 0.29) is 25.3 Å². The number of hydrogen-bond acceptors (Lipinski definition) is 9. The lowest BCUT2D eigenvalue weighted by Crippen LogP contribution is -2.60. The number of likely N-dealkylation sites (tertiary alicyclic amines) is 1. The smallest absolute Gasteiger partial charge is 0.408 e. The van der Waals surface area contributed by atoms with Gasteiger partial charge >= 0.3 is 6.09 Å². The molecule has 1 saturated heterocycles. The SMILES string of the molecule is C=C[C@@H]1C[C@]1(NC(=O)[C@@H]1C[C@@H](Oc2nccc3cc(Cl)ccc23)CN1C(=O)[C@@H](NC(=O)OC(C)(C)C)C(C)(C)C)C(=O)NS(=O)(=O)C1CC1. The van der Waals surface area contributed by atoms with Crippen molar-refractivity contribution in [2.24, 2.45) is 11.3 Å². The van der Waals surface area contributed by atoms with Crippen LogP contribution < -0.4 is 20.1 Å². The number of halogens is 1. The standard InChI is InChI=1S/C34H44ClN5O8S/c1-8-20-17-34(20,30(43)39-49(45,46)23-10-11-23)38-27(41)25-16-22(47-28-24-12-9-21(35)15-19(24)13-14-36-28)18-40(25)29(42)26(32(2,3)4)37-31(44)48-33(5,6)7/h8-9,12-15,20,22-23,25-26H,1,10-11,16-18H2,2-7H3,(H,37,44)(H,38,41)(H,39,43)/t20-,22-,25+,26-,34-/m1/s1. The van der Waals surface area contributed by atoms with Crippen molar-refractivity contribution in [3.8, 4) is 5.88 Å². The summed E-state index contributed by atoms with van der Waals surface area (Å²) in [6, 6.07) is 4.75. The third-order valence-electron chi connectivity index (χ3n) is 8.84. The molecule has 266 valence electrons. The number of aromatic nitrogens is 1. The summed E-state index contributed by atoms with van der Waals surface area (Å²) in [6.07, 6.45) is 2.61. The first kappa shape index (κ1) is 36.4. The van der Waals surface area contributed by atoms with Gasteiger partial charge in [0, 0.05) is 28.9 Å². The monoisotopic (exact) mass is 717 g/mol. The van der Waals surface area contributed by atoms with Crippen molar-refractivity contribution in [3.05, 3.63) is 48.1 Å². The van der Waals surface area contributed by atoms with E-state index in [1.165, 1.54) is 11.0 Å². The molecule has 1 aromatic carbocycles. The lowest BCUT2D eigenvalue weighted by Gasteiger charge is -2.36. The van der Waals surface area contributed by atoms with Crippen molar-refractivity contribution in [1.82, 2.24) is 25.2 Å². The molecule has 13 nitrogen and oxygen atoms in total. The third-order valence-corrected chi connectivity index (χ3v) is 10.9. The van der Waals surface area contributed by atoms with Crippen molar-refractivity contribution in [1.29, 1.82) is 0 Å². The van der Waals surface area contributed by atoms with Crippen LogP contribution in [0.25, 0.3) is 10.8 Å². The molecule has 4 amide bonds. The van der Waals surface area contributed by atoms with Gasteiger partial charge in [0.1, 0.15) is 29.3 Å². The van der Waals surface area contributed by atoms with Crippen LogP contribution in [0.4, 0.5) is 4.79 Å². The molecule has 15 heteroatoms. The van der Waals surface area contributed by atoms with E-state index in [2.05, 4.69) is 26.9 Å². The summed E-state index contributed by atoms with van der Waals surface area (Å²) in [5, 5.41) is 6.81. The predicted molar refractivity (Wildman–Crippen MR) is 183 cm³/mol. The van der Waals surface area contributed by atoms with Crippen molar-refractivity contribution >= 4 is 56.2 Å². The Morgan fingerprint density at radius 2 is 1.82 bits per heavy atom. The molecule has 3 aliphatic rings. The van der Waals surface area contributed by atoms with Crippen molar-refractivity contribution in [2.45, 2.75) is 102 Å². The lowest BCUT2D eigenvalue weighted by atomic mass is 9.85. The van der Waals surface area contributed by atoms with Crippen LogP contribution in [-0.2, 0) is 29.1 Å². The second-order valence-corrected chi connectivity index (χ2v) is 17.5. The number of hydrogen-bond donors (Lipinski definition) is 3. The fourth-order valence-corrected chi connectivity index (χ4v) is 7.55. The molecule has 0 unspecified atom stereocenters. The lowest BCUT2D eigenvalue weighted by molar-refractivity contribution is -0.143. The van der Waals surface area contributed by atoms with E-state index >= 15 is 0 Å². The molecule has 5 rings (SSSR count). The number of ether oxygens (including phenoxy) is 2. The Balaban J connectivity index is 1.44. The first-order chi connectivity index (χ1) is 22.7. The number of carbonyl (C=O) groups excluding carboxylic acids is 4. The highest BCUT2D eigenvalue weighted by molar-refractivity contribution is 7.91. The molecular formula is C34H44ClN5O8S. The molecule has 2 heterocycles. The van der Waals surface area contributed by atoms with Crippen LogP contribution in [0.2, 0.25) is 5.02 Å². The fraction of sp³-hybridized carbons (Fsp3) is 0.559. The van der Waals surface area contributed by atoms with Gasteiger partial charge in [0.15, 0.2) is 0 Å². The Hall–Kier alpha value is -3.91. The third kappa shape index (κ3) is 8.12. The van der Waals surface area contributed by atoms with Gasteiger partial charge in [-0.25, -0.2) is 18.2 Å². The largest absolute Gasteiger partial charge is 0.472 e. The van der Waals surface area contributed by atoms with E-state index in [0.29, 0.717) is 23.3 Å². The number of fused-ring (bicyclic) bond motifs is 1. The number of carbonyl (C=O) groups is 4. The normalized spacial score (nSPS) is 24.5. The zero-order valence-corrected chi connectivity index (χ0v) is 30.1. The summed E-state index contributed by atoms with van der Waals surface area (Å²) in [5.74, 6) is -2.33. The van der Waals surface area contributed by atoms with Crippen LogP contribution in [0, 0.1) is 11.3 Å². The van der Waals surface area contributed by atoms with Crippen molar-refractivity contribution in [3.63, 3.8) is 0 Å². The molecule has 3 N–H and O–H groups in total. The number of pyridine rings is 1. The minimum Gasteiger partial charge on any atom is -0.472 e. The second-order valence-electron chi connectivity index (χ2n) is 15.1. The fourth-order valence-electron chi connectivity index (χ4n) is 6.01. The molecule has 1 aromatic heterocycles. The highest BCUT2D eigenvalue weighted by Gasteiger charge is 2.62. The van der Waals surface area contributed by atoms with Gasteiger partial charge < -0.3 is 25.0 Å². The van der Waals surface area contributed by atoms with Crippen LogP contribution in [0.1, 0.15) is 67.2 Å². The van der Waals surface area contributed by atoms with Gasteiger partial charge in [-0.15, -0.1) is 6.58 Å². The Bertz CT molecular complexity index is 1780. The summed E-state index contributed by atoms with van der Waals surface area (Å²) in [4.78, 5) is 60.5. The molecule has 2 saturated carbocycles. The molecule has 5 atom stereocenters. The molecule has 2 aromatic rings. The molecule has 3 fully saturated rings. The van der Waals surface area contributed by atoms with Crippen LogP contribution >= 0.6 is 11.6 Å². The Morgan fingerprint density at radius 3 is 2.41 bits per heavy atom. The van der Waals surface area contributed by atoms with Gasteiger partial charge in [-0.3, -0.25) is 19.1 Å². The first-order valence-electron chi connectivity index (χ1n) is 16.3. The molecule has 0 spiro atoms. The number of nitrogens with zero attached hydrogens (tertiary/aromatic N) is 2. The number of amides is 4. The van der Waals surface area contributed by atoms with Gasteiger partial charge in [-0.1, -0.05) is 38.4 Å². The van der Waals surface area contributed by atoms with Gasteiger partial charge in [0.2, 0.25) is 27.7 Å². The average molecular weight is 718 g/mol. The number of alkyl carbamates (subject to hydrolysis) is 1. The molecular weight excluding hydrogens is 674 g/mol. The summed E-state index contributed by atoms with van der Waals surface area (Å²) in [5.41, 5.74) is -3.19. The van der Waals surface area contributed by atoms with Crippen molar-refractivity contribution < 1.29 is 37.1 Å². The summed E-state index contributed by atoms with van der Waals surface area (Å²) < 4.78 is 39.2. The summed E-state index contributed by atoms with van der Waals surface area (Å²) in [6.45, 7) is 14.1. The predicted octanol–water partition coefficient (Wildman–Crippen LogP) is 3.85. The van der Waals surface area contributed by atoms with Gasteiger partial charge in [-0.05, 0) is 75.1 Å². The van der Waals surface area contributed by atoms with E-state index in [9.17, 15) is 27.6 Å². The van der Waals surface area contributed by atoms with Gasteiger partial charge in [0.05, 0.1) is 11.8 Å². The highest BCUT2D eigenvalue weighted by atomic mass is 35.5. The second kappa shape index (κ2) is 13.1. The van der Waals surface area contributed by atoms with Crippen LogP contribution in [0.3, 0.4) is 0 Å². The molecule has 49 heavy (non-hydrogen) atoms. The Morgan fingerprint density at radius 1 is 1.12 bits per heavy atom. The minimum atomic E-state index is -3.89. The maximum absolute atomic E-state index is 14.4.